The first-order valence-corrected chi connectivity index (χ1v) is 6.13. The van der Waals surface area contributed by atoms with Crippen LogP contribution in [0.15, 0.2) is 12.3 Å². The summed E-state index contributed by atoms with van der Waals surface area (Å²) >= 11 is 1.76. The van der Waals surface area contributed by atoms with Gasteiger partial charge in [-0.3, -0.25) is 4.31 Å². The van der Waals surface area contributed by atoms with Gasteiger partial charge in [0.1, 0.15) is 0 Å². The topological polar surface area (TPSA) is 15.3 Å². The van der Waals surface area contributed by atoms with Crippen LogP contribution in [0.3, 0.4) is 0 Å². The van der Waals surface area contributed by atoms with E-state index in [1.807, 2.05) is 6.92 Å². The molecule has 0 saturated carbocycles. The summed E-state index contributed by atoms with van der Waals surface area (Å²) in [7, 11) is 2.11. The van der Waals surface area contributed by atoms with Gasteiger partial charge in [0.25, 0.3) is 0 Å². The molecule has 0 amide bonds. The fourth-order valence-corrected chi connectivity index (χ4v) is 1.46. The van der Waals surface area contributed by atoms with E-state index in [1.54, 1.807) is 11.9 Å². The van der Waals surface area contributed by atoms with E-state index in [2.05, 4.69) is 50.3 Å². The Hall–Kier alpha value is -0.150. The van der Waals surface area contributed by atoms with Gasteiger partial charge in [0.2, 0.25) is 0 Å². The second-order valence-electron chi connectivity index (χ2n) is 4.84. The van der Waals surface area contributed by atoms with Gasteiger partial charge >= 0.3 is 0 Å². The second-order valence-corrected chi connectivity index (χ2v) is 5.82. The molecule has 0 aromatic heterocycles. The molecule has 1 unspecified atom stereocenters. The van der Waals surface area contributed by atoms with E-state index in [1.165, 1.54) is 0 Å². The molecule has 84 valence electrons. The molecule has 0 fully saturated rings. The predicted octanol–water partition coefficient (Wildman–Crippen LogP) is 2.73. The van der Waals surface area contributed by atoms with Gasteiger partial charge in [-0.05, 0) is 25.6 Å². The zero-order valence-electron chi connectivity index (χ0n) is 10.3. The van der Waals surface area contributed by atoms with Crippen LogP contribution in [0.1, 0.15) is 27.7 Å². The number of hydrogen-bond acceptors (Lipinski definition) is 3. The van der Waals surface area contributed by atoms with Crippen LogP contribution in [0, 0.1) is 5.41 Å². The van der Waals surface area contributed by atoms with Crippen LogP contribution in [0.5, 0.6) is 0 Å². The minimum atomic E-state index is 0.253. The lowest BCUT2D eigenvalue weighted by Crippen LogP contribution is -2.45. The molecule has 0 bridgehead atoms. The zero-order chi connectivity index (χ0) is 11.4. The van der Waals surface area contributed by atoms with Crippen molar-refractivity contribution in [1.82, 2.24) is 9.62 Å². The molecule has 0 aliphatic carbocycles. The molecule has 0 spiro atoms. The lowest BCUT2D eigenvalue weighted by molar-refractivity contribution is 0.254. The molecule has 0 saturated heterocycles. The van der Waals surface area contributed by atoms with E-state index < -0.39 is 0 Å². The van der Waals surface area contributed by atoms with Crippen molar-refractivity contribution in [2.45, 2.75) is 33.7 Å². The Morgan fingerprint density at radius 2 is 2.00 bits per heavy atom. The smallest absolute Gasteiger partial charge is 0.0442 e. The number of likely N-dealkylation sites (N-methyl/N-ethyl adjacent to an activating group) is 1. The molecule has 0 aromatic carbocycles. The normalized spacial score (nSPS) is 14.2. The Kier molecular flexibility index (Phi) is 5.60. The molecule has 1 N–H and O–H groups in total. The summed E-state index contributed by atoms with van der Waals surface area (Å²) < 4.78 is 2.24. The summed E-state index contributed by atoms with van der Waals surface area (Å²) in [6.07, 6.45) is 2.10. The molecule has 14 heavy (non-hydrogen) atoms. The quantitative estimate of drug-likeness (QED) is 0.711. The highest BCUT2D eigenvalue weighted by Gasteiger charge is 2.25. The third kappa shape index (κ3) is 5.55. The minimum absolute atomic E-state index is 0.253. The highest BCUT2D eigenvalue weighted by molar-refractivity contribution is 7.96. The summed E-state index contributed by atoms with van der Waals surface area (Å²) in [5.74, 6) is 0. The Morgan fingerprint density at radius 3 is 2.29 bits per heavy atom. The first kappa shape index (κ1) is 13.8. The molecular formula is C11H24N2S. The second kappa shape index (κ2) is 5.66. The number of allylic oxidation sites excluding steroid dienone is 1. The Balaban J connectivity index is 4.33. The maximum absolute atomic E-state index is 3.91. The number of nitrogens with zero attached hydrogens (tertiary/aromatic N) is 1. The van der Waals surface area contributed by atoms with Crippen LogP contribution in [-0.2, 0) is 0 Å². The monoisotopic (exact) mass is 216 g/mol. The van der Waals surface area contributed by atoms with E-state index in [4.69, 9.17) is 0 Å². The predicted molar refractivity (Wildman–Crippen MR) is 67.3 cm³/mol. The van der Waals surface area contributed by atoms with Crippen LogP contribution >= 0.6 is 11.9 Å². The highest BCUT2D eigenvalue weighted by atomic mass is 32.2. The van der Waals surface area contributed by atoms with Crippen LogP contribution in [0.25, 0.3) is 0 Å². The number of hydrogen-bond donors (Lipinski definition) is 1. The maximum Gasteiger partial charge on any atom is 0.0442 e. The van der Waals surface area contributed by atoms with Crippen LogP contribution in [0.2, 0.25) is 0 Å². The lowest BCUT2D eigenvalue weighted by Gasteiger charge is -2.34. The van der Waals surface area contributed by atoms with Crippen molar-refractivity contribution in [3.8, 4) is 0 Å². The highest BCUT2D eigenvalue weighted by Crippen LogP contribution is 2.21. The van der Waals surface area contributed by atoms with Crippen molar-refractivity contribution in [1.29, 1.82) is 0 Å². The molecule has 0 aliphatic rings. The zero-order valence-corrected chi connectivity index (χ0v) is 11.2. The molecule has 2 nitrogen and oxygen atoms in total. The van der Waals surface area contributed by atoms with Gasteiger partial charge in [0.15, 0.2) is 0 Å². The lowest BCUT2D eigenvalue weighted by atomic mass is 9.86. The van der Waals surface area contributed by atoms with Gasteiger partial charge in [-0.1, -0.05) is 39.3 Å². The van der Waals surface area contributed by atoms with E-state index in [0.717, 1.165) is 12.2 Å². The van der Waals surface area contributed by atoms with Gasteiger partial charge in [-0.2, -0.15) is 0 Å². The van der Waals surface area contributed by atoms with Crippen molar-refractivity contribution < 1.29 is 0 Å². The van der Waals surface area contributed by atoms with E-state index >= 15 is 0 Å². The average Bonchev–Trinajstić information content (AvgIpc) is 2.00. The van der Waals surface area contributed by atoms with Gasteiger partial charge in [-0.15, -0.1) is 0 Å². The van der Waals surface area contributed by atoms with E-state index in [0.29, 0.717) is 6.04 Å². The standard InChI is InChI=1S/C11H24N2S/c1-9(2)12-10(11(3,4)5)8-13(6)14-7/h10,12H,1,8H2,2-7H3. The summed E-state index contributed by atoms with van der Waals surface area (Å²) in [5.41, 5.74) is 1.29. The van der Waals surface area contributed by atoms with Crippen LogP contribution in [0.4, 0.5) is 0 Å². The molecule has 1 atom stereocenters. The summed E-state index contributed by atoms with van der Waals surface area (Å²) in [6, 6.07) is 0.442. The number of rotatable bonds is 5. The minimum Gasteiger partial charge on any atom is -0.384 e. The maximum atomic E-state index is 3.91. The molecule has 0 rings (SSSR count). The molecule has 0 aliphatic heterocycles. The van der Waals surface area contributed by atoms with Crippen LogP contribution < -0.4 is 5.32 Å². The first-order valence-electron chi connectivity index (χ1n) is 4.94. The van der Waals surface area contributed by atoms with Crippen molar-refractivity contribution >= 4 is 11.9 Å². The third-order valence-corrected chi connectivity index (χ3v) is 2.99. The van der Waals surface area contributed by atoms with E-state index in [-0.39, 0.29) is 5.41 Å². The van der Waals surface area contributed by atoms with Crippen molar-refractivity contribution in [3.05, 3.63) is 12.3 Å². The van der Waals surface area contributed by atoms with Gasteiger partial charge in [0.05, 0.1) is 0 Å². The van der Waals surface area contributed by atoms with Gasteiger partial charge in [-0.25, -0.2) is 0 Å². The molecular weight excluding hydrogens is 192 g/mol. The molecule has 3 heteroatoms. The Morgan fingerprint density at radius 1 is 1.50 bits per heavy atom. The summed E-state index contributed by atoms with van der Waals surface area (Å²) in [5, 5.41) is 3.44. The summed E-state index contributed by atoms with van der Waals surface area (Å²) in [4.78, 5) is 0. The Labute approximate surface area is 93.3 Å². The van der Waals surface area contributed by atoms with Gasteiger partial charge < -0.3 is 5.32 Å². The molecule has 0 radical (unpaired) electrons. The van der Waals surface area contributed by atoms with Crippen molar-refractivity contribution in [2.75, 3.05) is 19.8 Å². The SMILES string of the molecule is C=C(C)NC(CN(C)SC)C(C)(C)C. The van der Waals surface area contributed by atoms with Crippen LogP contribution in [-0.4, -0.2) is 30.2 Å². The summed E-state index contributed by atoms with van der Waals surface area (Å²) in [6.45, 7) is 13.7. The Bertz CT molecular complexity index is 184. The largest absolute Gasteiger partial charge is 0.384 e. The molecule has 0 heterocycles. The van der Waals surface area contributed by atoms with Gasteiger partial charge in [0, 0.05) is 18.3 Å². The molecule has 0 aromatic rings. The van der Waals surface area contributed by atoms with Crippen molar-refractivity contribution in [2.24, 2.45) is 5.41 Å². The average molecular weight is 216 g/mol. The number of nitrogens with one attached hydrogen (secondary N) is 1. The third-order valence-electron chi connectivity index (χ3n) is 2.22. The first-order chi connectivity index (χ1) is 6.27. The fraction of sp³-hybridized carbons (Fsp3) is 0.818. The van der Waals surface area contributed by atoms with Crippen molar-refractivity contribution in [3.63, 3.8) is 0 Å². The van der Waals surface area contributed by atoms with E-state index in [9.17, 15) is 0 Å². The fourth-order valence-electron chi connectivity index (χ4n) is 1.17.